The fraction of sp³-hybridized carbons (Fsp3) is 0.400. The Morgan fingerprint density at radius 2 is 2.22 bits per heavy atom. The highest BCUT2D eigenvalue weighted by Gasteiger charge is 2.31. The number of hydrogen-bond donors (Lipinski definition) is 3. The summed E-state index contributed by atoms with van der Waals surface area (Å²) >= 11 is 1.83. The Morgan fingerprint density at radius 1 is 1.33 bits per heavy atom. The summed E-state index contributed by atoms with van der Waals surface area (Å²) in [6.07, 6.45) is 4.09. The van der Waals surface area contributed by atoms with Crippen molar-refractivity contribution in [3.63, 3.8) is 0 Å². The van der Waals surface area contributed by atoms with Gasteiger partial charge in [-0.3, -0.25) is 0 Å². The number of anilines is 1. The van der Waals surface area contributed by atoms with E-state index in [1.165, 1.54) is 16.8 Å². The third-order valence-electron chi connectivity index (χ3n) is 5.20. The molecule has 3 heterocycles. The number of nitrogens with zero attached hydrogens (tertiary/aromatic N) is 3. The predicted octanol–water partition coefficient (Wildman–Crippen LogP) is 2.48. The van der Waals surface area contributed by atoms with Gasteiger partial charge in [0.1, 0.15) is 11.8 Å². The van der Waals surface area contributed by atoms with Crippen LogP contribution < -0.4 is 5.73 Å². The first-order valence-electron chi connectivity index (χ1n) is 9.26. The lowest BCUT2D eigenvalue weighted by Gasteiger charge is -2.15. The molecule has 6 nitrogen and oxygen atoms in total. The molecule has 0 bridgehead atoms. The second-order valence-electron chi connectivity index (χ2n) is 7.26. The second-order valence-corrected chi connectivity index (χ2v) is 8.35. The van der Waals surface area contributed by atoms with Crippen molar-refractivity contribution >= 4 is 28.6 Å². The summed E-state index contributed by atoms with van der Waals surface area (Å²) in [7, 11) is 0. The number of aromatic amines is 1. The van der Waals surface area contributed by atoms with Crippen molar-refractivity contribution in [3.05, 3.63) is 47.9 Å². The van der Waals surface area contributed by atoms with Crippen LogP contribution in [0.15, 0.2) is 41.7 Å². The number of aryl methyl sites for hydroxylation is 1. The maximum Gasteiger partial charge on any atom is 0.151 e. The van der Waals surface area contributed by atoms with E-state index in [9.17, 15) is 5.11 Å². The summed E-state index contributed by atoms with van der Waals surface area (Å²) in [6, 6.07) is 8.54. The van der Waals surface area contributed by atoms with Crippen LogP contribution in [-0.2, 0) is 6.42 Å². The molecule has 0 amide bonds. The number of fused-ring (bicyclic) bond motifs is 1. The van der Waals surface area contributed by atoms with E-state index in [2.05, 4.69) is 51.0 Å². The van der Waals surface area contributed by atoms with Crippen LogP contribution >= 0.6 is 11.8 Å². The first-order chi connectivity index (χ1) is 13.1. The SMILES string of the molecule is Cc1cccc(SC[C@H]2CN(CCc3c[nH]c4c(N)ncnc34)C[C@@H]2O)c1. The number of likely N-dealkylation sites (tertiary alicyclic amines) is 1. The van der Waals surface area contributed by atoms with Crippen molar-refractivity contribution in [2.75, 3.05) is 31.1 Å². The number of nitrogens with two attached hydrogens (primary N) is 1. The third kappa shape index (κ3) is 4.10. The number of aliphatic hydroxyl groups is 1. The van der Waals surface area contributed by atoms with Crippen molar-refractivity contribution in [2.45, 2.75) is 24.3 Å². The Morgan fingerprint density at radius 3 is 3.07 bits per heavy atom. The van der Waals surface area contributed by atoms with Gasteiger partial charge in [-0.05, 0) is 31.0 Å². The highest BCUT2D eigenvalue weighted by Crippen LogP contribution is 2.27. The molecule has 7 heteroatoms. The molecule has 4 rings (SSSR count). The van der Waals surface area contributed by atoms with Gasteiger partial charge < -0.3 is 20.7 Å². The van der Waals surface area contributed by atoms with Crippen molar-refractivity contribution in [3.8, 4) is 0 Å². The maximum atomic E-state index is 10.5. The van der Waals surface area contributed by atoms with Crippen molar-refractivity contribution in [1.82, 2.24) is 19.9 Å². The zero-order chi connectivity index (χ0) is 18.8. The molecule has 4 N–H and O–H groups in total. The predicted molar refractivity (Wildman–Crippen MR) is 110 cm³/mol. The number of aromatic nitrogens is 3. The average molecular weight is 384 g/mol. The molecule has 1 aliphatic rings. The largest absolute Gasteiger partial charge is 0.391 e. The van der Waals surface area contributed by atoms with Gasteiger partial charge in [0, 0.05) is 42.4 Å². The fourth-order valence-electron chi connectivity index (χ4n) is 3.68. The topological polar surface area (TPSA) is 91.1 Å². The maximum absolute atomic E-state index is 10.5. The van der Waals surface area contributed by atoms with Gasteiger partial charge in [0.25, 0.3) is 0 Å². The highest BCUT2D eigenvalue weighted by atomic mass is 32.2. The van der Waals surface area contributed by atoms with E-state index >= 15 is 0 Å². The molecule has 1 fully saturated rings. The number of thioether (sulfide) groups is 1. The van der Waals surface area contributed by atoms with E-state index in [4.69, 9.17) is 5.73 Å². The minimum Gasteiger partial charge on any atom is -0.391 e. The number of aliphatic hydroxyl groups excluding tert-OH is 1. The molecule has 0 radical (unpaired) electrons. The van der Waals surface area contributed by atoms with E-state index in [1.54, 1.807) is 0 Å². The number of nitrogen functional groups attached to an aromatic ring is 1. The lowest BCUT2D eigenvalue weighted by atomic mass is 10.1. The van der Waals surface area contributed by atoms with Gasteiger partial charge in [0.05, 0.1) is 11.6 Å². The molecule has 27 heavy (non-hydrogen) atoms. The molecule has 2 aromatic heterocycles. The van der Waals surface area contributed by atoms with Crippen LogP contribution in [0.2, 0.25) is 0 Å². The smallest absolute Gasteiger partial charge is 0.151 e. The lowest BCUT2D eigenvalue weighted by molar-refractivity contribution is 0.150. The van der Waals surface area contributed by atoms with Gasteiger partial charge in [0.2, 0.25) is 0 Å². The number of benzene rings is 1. The number of β-amino-alcohol motifs (C(OH)–C–C–N with tert-alkyl or cyclic N) is 1. The van der Waals surface area contributed by atoms with Crippen LogP contribution in [0, 0.1) is 12.8 Å². The highest BCUT2D eigenvalue weighted by molar-refractivity contribution is 7.99. The van der Waals surface area contributed by atoms with Crippen LogP contribution in [0.1, 0.15) is 11.1 Å². The molecule has 142 valence electrons. The number of nitrogens with one attached hydrogen (secondary N) is 1. The second kappa shape index (κ2) is 7.88. The summed E-state index contributed by atoms with van der Waals surface area (Å²) in [6.45, 7) is 4.68. The molecular formula is C20H25N5OS. The van der Waals surface area contributed by atoms with Crippen molar-refractivity contribution in [1.29, 1.82) is 0 Å². The molecular weight excluding hydrogens is 358 g/mol. The summed E-state index contributed by atoms with van der Waals surface area (Å²) in [4.78, 5) is 15.2. The Balaban J connectivity index is 1.32. The van der Waals surface area contributed by atoms with Crippen LogP contribution in [-0.4, -0.2) is 56.4 Å². The molecule has 0 unspecified atom stereocenters. The zero-order valence-electron chi connectivity index (χ0n) is 15.4. The number of H-pyrrole nitrogens is 1. The summed E-state index contributed by atoms with van der Waals surface area (Å²) < 4.78 is 0. The molecule has 1 aromatic carbocycles. The van der Waals surface area contributed by atoms with Gasteiger partial charge in [-0.15, -0.1) is 11.8 Å². The van der Waals surface area contributed by atoms with Crippen LogP contribution in [0.25, 0.3) is 11.0 Å². The Bertz CT molecular complexity index is 928. The van der Waals surface area contributed by atoms with E-state index in [0.717, 1.165) is 48.4 Å². The van der Waals surface area contributed by atoms with Gasteiger partial charge in [-0.2, -0.15) is 0 Å². The van der Waals surface area contributed by atoms with E-state index in [0.29, 0.717) is 11.7 Å². The van der Waals surface area contributed by atoms with Gasteiger partial charge >= 0.3 is 0 Å². The molecule has 3 aromatic rings. The standard InChI is InChI=1S/C20H25N5OS/c1-13-3-2-4-16(7-13)27-11-15-9-25(10-17(15)26)6-5-14-8-22-19-18(14)23-12-24-20(19)21/h2-4,7-8,12,15,17,22,26H,5-6,9-11H2,1H3,(H2,21,23,24)/t15-,17+/m1/s1. The molecule has 1 saturated heterocycles. The van der Waals surface area contributed by atoms with Gasteiger partial charge in [-0.25, -0.2) is 9.97 Å². The number of hydrogen-bond acceptors (Lipinski definition) is 6. The summed E-state index contributed by atoms with van der Waals surface area (Å²) in [5.74, 6) is 1.73. The molecule has 0 saturated carbocycles. The molecule has 0 spiro atoms. The number of rotatable bonds is 6. The Labute approximate surface area is 163 Å². The van der Waals surface area contributed by atoms with Crippen LogP contribution in [0.5, 0.6) is 0 Å². The molecule has 1 aliphatic heterocycles. The first kappa shape index (κ1) is 18.3. The minimum atomic E-state index is -0.261. The van der Waals surface area contributed by atoms with Gasteiger partial charge in [0.15, 0.2) is 5.82 Å². The Kier molecular flexibility index (Phi) is 5.33. The van der Waals surface area contributed by atoms with E-state index < -0.39 is 0 Å². The normalized spacial score (nSPS) is 20.5. The van der Waals surface area contributed by atoms with Gasteiger partial charge in [-0.1, -0.05) is 17.7 Å². The lowest BCUT2D eigenvalue weighted by Crippen LogP contribution is -2.24. The molecule has 0 aliphatic carbocycles. The van der Waals surface area contributed by atoms with Crippen LogP contribution in [0.3, 0.4) is 0 Å². The zero-order valence-corrected chi connectivity index (χ0v) is 16.2. The average Bonchev–Trinajstić information content (AvgIpc) is 3.22. The monoisotopic (exact) mass is 383 g/mol. The minimum absolute atomic E-state index is 0.261. The quantitative estimate of drug-likeness (QED) is 0.567. The first-order valence-corrected chi connectivity index (χ1v) is 10.2. The summed E-state index contributed by atoms with van der Waals surface area (Å²) in [5.41, 5.74) is 10.0. The molecule has 2 atom stereocenters. The summed E-state index contributed by atoms with van der Waals surface area (Å²) in [5, 5.41) is 10.5. The van der Waals surface area contributed by atoms with Crippen molar-refractivity contribution in [2.24, 2.45) is 5.92 Å². The van der Waals surface area contributed by atoms with E-state index in [1.807, 2.05) is 18.0 Å². The van der Waals surface area contributed by atoms with Crippen LogP contribution in [0.4, 0.5) is 5.82 Å². The Hall–Kier alpha value is -2.09. The van der Waals surface area contributed by atoms with Crippen molar-refractivity contribution < 1.29 is 5.11 Å². The third-order valence-corrected chi connectivity index (χ3v) is 6.39. The van der Waals surface area contributed by atoms with E-state index in [-0.39, 0.29) is 6.10 Å². The fourth-order valence-corrected chi connectivity index (χ4v) is 4.86.